The lowest BCUT2D eigenvalue weighted by atomic mass is 10.4. The summed E-state index contributed by atoms with van der Waals surface area (Å²) in [5.41, 5.74) is 1.40. The zero-order valence-electron chi connectivity index (χ0n) is 7.27. The molecule has 13 heavy (non-hydrogen) atoms. The molecule has 0 N–H and O–H groups in total. The molecule has 0 atom stereocenters. The molecule has 0 radical (unpaired) electrons. The topological polar surface area (TPSA) is 47.3 Å². The molecule has 0 aromatic carbocycles. The van der Waals surface area contributed by atoms with Crippen molar-refractivity contribution in [2.75, 3.05) is 0 Å². The molecule has 66 valence electrons. The van der Waals surface area contributed by atoms with Gasteiger partial charge >= 0.3 is 0 Å². The van der Waals surface area contributed by atoms with Crippen molar-refractivity contribution in [1.82, 2.24) is 14.4 Å². The van der Waals surface area contributed by atoms with E-state index >= 15 is 0 Å². The second-order valence-electron chi connectivity index (χ2n) is 2.76. The number of imidazole rings is 1. The van der Waals surface area contributed by atoms with Gasteiger partial charge in [-0.25, -0.2) is 9.97 Å². The summed E-state index contributed by atoms with van der Waals surface area (Å²) in [6.45, 7) is 2.03. The molecule has 0 saturated carbocycles. The Kier molecular flexibility index (Phi) is 1.81. The quantitative estimate of drug-likeness (QED) is 0.642. The van der Waals surface area contributed by atoms with Crippen LogP contribution in [0.1, 0.15) is 23.1 Å². The standard InChI is InChI=1S/C9H9N3O/c1-2-7-5-12-4-3-8(6-13)11-9(12)10-7/h3-6H,2H2,1H3. The summed E-state index contributed by atoms with van der Waals surface area (Å²) in [6.07, 6.45) is 5.30. The second kappa shape index (κ2) is 2.97. The third-order valence-electron chi connectivity index (χ3n) is 1.88. The minimum absolute atomic E-state index is 0.417. The number of hydrogen-bond donors (Lipinski definition) is 0. The van der Waals surface area contributed by atoms with Gasteiger partial charge < -0.3 is 0 Å². The second-order valence-corrected chi connectivity index (χ2v) is 2.76. The molecular formula is C9H9N3O. The predicted octanol–water partition coefficient (Wildman–Crippen LogP) is 1.10. The molecular weight excluding hydrogens is 166 g/mol. The van der Waals surface area contributed by atoms with Gasteiger partial charge in [-0.3, -0.25) is 9.20 Å². The first-order valence-corrected chi connectivity index (χ1v) is 4.13. The van der Waals surface area contributed by atoms with Crippen LogP contribution in [-0.2, 0) is 6.42 Å². The molecule has 0 aliphatic rings. The Balaban J connectivity index is 2.63. The van der Waals surface area contributed by atoms with Crippen LogP contribution in [0.2, 0.25) is 0 Å². The molecule has 2 aromatic heterocycles. The van der Waals surface area contributed by atoms with Crippen LogP contribution in [0.15, 0.2) is 18.5 Å². The van der Waals surface area contributed by atoms with Crippen LogP contribution < -0.4 is 0 Å². The van der Waals surface area contributed by atoms with E-state index in [1.54, 1.807) is 12.3 Å². The predicted molar refractivity (Wildman–Crippen MR) is 47.8 cm³/mol. The summed E-state index contributed by atoms with van der Waals surface area (Å²) >= 11 is 0. The lowest BCUT2D eigenvalue weighted by Crippen LogP contribution is -1.91. The van der Waals surface area contributed by atoms with Crippen molar-refractivity contribution in [2.45, 2.75) is 13.3 Å². The molecule has 2 rings (SSSR count). The van der Waals surface area contributed by atoms with E-state index in [1.165, 1.54) is 0 Å². The first-order valence-electron chi connectivity index (χ1n) is 4.13. The largest absolute Gasteiger partial charge is 0.296 e. The van der Waals surface area contributed by atoms with Crippen molar-refractivity contribution in [3.63, 3.8) is 0 Å². The van der Waals surface area contributed by atoms with Crippen molar-refractivity contribution in [1.29, 1.82) is 0 Å². The SMILES string of the molecule is CCc1cn2ccc(C=O)nc2n1. The maximum Gasteiger partial charge on any atom is 0.234 e. The maximum atomic E-state index is 10.4. The lowest BCUT2D eigenvalue weighted by molar-refractivity contribution is 0.111. The Hall–Kier alpha value is -1.71. The van der Waals surface area contributed by atoms with Crippen LogP contribution in [0, 0.1) is 0 Å². The first-order chi connectivity index (χ1) is 6.33. The van der Waals surface area contributed by atoms with E-state index in [0.29, 0.717) is 11.5 Å². The number of aromatic nitrogens is 3. The van der Waals surface area contributed by atoms with Crippen molar-refractivity contribution < 1.29 is 4.79 Å². The zero-order chi connectivity index (χ0) is 9.26. The van der Waals surface area contributed by atoms with E-state index in [0.717, 1.165) is 18.4 Å². The van der Waals surface area contributed by atoms with Crippen molar-refractivity contribution in [3.05, 3.63) is 29.8 Å². The Morgan fingerprint density at radius 1 is 1.54 bits per heavy atom. The summed E-state index contributed by atoms with van der Waals surface area (Å²) in [5, 5.41) is 0. The highest BCUT2D eigenvalue weighted by atomic mass is 16.1. The van der Waals surface area contributed by atoms with Gasteiger partial charge in [-0.1, -0.05) is 6.92 Å². The summed E-state index contributed by atoms with van der Waals surface area (Å²) in [5.74, 6) is 0.585. The molecule has 0 bridgehead atoms. The fraction of sp³-hybridized carbons (Fsp3) is 0.222. The van der Waals surface area contributed by atoms with Gasteiger partial charge in [0.15, 0.2) is 6.29 Å². The molecule has 0 aliphatic heterocycles. The number of carbonyl (C=O) groups is 1. The van der Waals surface area contributed by atoms with Crippen LogP contribution in [0.25, 0.3) is 5.78 Å². The maximum absolute atomic E-state index is 10.4. The van der Waals surface area contributed by atoms with Gasteiger partial charge in [0, 0.05) is 12.4 Å². The molecule has 4 nitrogen and oxygen atoms in total. The minimum Gasteiger partial charge on any atom is -0.296 e. The van der Waals surface area contributed by atoms with E-state index in [4.69, 9.17) is 0 Å². The van der Waals surface area contributed by atoms with Gasteiger partial charge in [0.05, 0.1) is 5.69 Å². The molecule has 4 heteroatoms. The molecule has 0 aliphatic carbocycles. The molecule has 0 amide bonds. The van der Waals surface area contributed by atoms with Crippen LogP contribution in [0.3, 0.4) is 0 Å². The van der Waals surface area contributed by atoms with E-state index in [2.05, 4.69) is 9.97 Å². The average Bonchev–Trinajstić information content (AvgIpc) is 2.58. The number of aldehydes is 1. The highest BCUT2D eigenvalue weighted by Gasteiger charge is 2.01. The van der Waals surface area contributed by atoms with Crippen LogP contribution >= 0.6 is 0 Å². The average molecular weight is 175 g/mol. The molecule has 0 spiro atoms. The summed E-state index contributed by atoms with van der Waals surface area (Å²) in [7, 11) is 0. The number of fused-ring (bicyclic) bond motifs is 1. The normalized spacial score (nSPS) is 10.5. The van der Waals surface area contributed by atoms with Crippen molar-refractivity contribution in [3.8, 4) is 0 Å². The van der Waals surface area contributed by atoms with Crippen molar-refractivity contribution in [2.24, 2.45) is 0 Å². The van der Waals surface area contributed by atoms with Gasteiger partial charge in [-0.05, 0) is 12.5 Å². The first kappa shape index (κ1) is 7.91. The fourth-order valence-electron chi connectivity index (χ4n) is 1.17. The van der Waals surface area contributed by atoms with Gasteiger partial charge in [-0.15, -0.1) is 0 Å². The van der Waals surface area contributed by atoms with Gasteiger partial charge in [0.1, 0.15) is 5.69 Å². The van der Waals surface area contributed by atoms with E-state index in [9.17, 15) is 4.79 Å². The van der Waals surface area contributed by atoms with E-state index in [1.807, 2.05) is 17.5 Å². The minimum atomic E-state index is 0.417. The van der Waals surface area contributed by atoms with Crippen LogP contribution in [0.4, 0.5) is 0 Å². The third-order valence-corrected chi connectivity index (χ3v) is 1.88. The Morgan fingerprint density at radius 2 is 2.38 bits per heavy atom. The smallest absolute Gasteiger partial charge is 0.234 e. The monoisotopic (exact) mass is 175 g/mol. The number of rotatable bonds is 2. The Bertz CT molecular complexity index is 447. The molecule has 2 aromatic rings. The molecule has 0 unspecified atom stereocenters. The van der Waals surface area contributed by atoms with Gasteiger partial charge in [0.25, 0.3) is 0 Å². The Morgan fingerprint density at radius 3 is 3.08 bits per heavy atom. The molecule has 2 heterocycles. The summed E-state index contributed by atoms with van der Waals surface area (Å²) in [6, 6.07) is 1.67. The molecule has 0 saturated heterocycles. The van der Waals surface area contributed by atoms with Gasteiger partial charge in [-0.2, -0.15) is 0 Å². The highest BCUT2D eigenvalue weighted by Crippen LogP contribution is 2.03. The van der Waals surface area contributed by atoms with Crippen LogP contribution in [-0.4, -0.2) is 20.7 Å². The lowest BCUT2D eigenvalue weighted by Gasteiger charge is -1.90. The van der Waals surface area contributed by atoms with Gasteiger partial charge in [0.2, 0.25) is 5.78 Å². The summed E-state index contributed by atoms with van der Waals surface area (Å²) < 4.78 is 1.81. The highest BCUT2D eigenvalue weighted by molar-refractivity contribution is 5.72. The van der Waals surface area contributed by atoms with Crippen molar-refractivity contribution >= 4 is 12.1 Å². The van der Waals surface area contributed by atoms with E-state index in [-0.39, 0.29) is 0 Å². The number of nitrogens with zero attached hydrogens (tertiary/aromatic N) is 3. The number of aryl methyl sites for hydroxylation is 1. The number of hydrogen-bond acceptors (Lipinski definition) is 3. The fourth-order valence-corrected chi connectivity index (χ4v) is 1.17. The zero-order valence-corrected chi connectivity index (χ0v) is 7.27. The number of carbonyl (C=O) groups excluding carboxylic acids is 1. The van der Waals surface area contributed by atoms with E-state index < -0.39 is 0 Å². The van der Waals surface area contributed by atoms with Crippen LogP contribution in [0.5, 0.6) is 0 Å². The third kappa shape index (κ3) is 1.30. The Labute approximate surface area is 75.2 Å². The molecule has 0 fully saturated rings. The summed E-state index contributed by atoms with van der Waals surface area (Å²) in [4.78, 5) is 18.7.